The first-order chi connectivity index (χ1) is 14.5. The van der Waals surface area contributed by atoms with E-state index < -0.39 is 0 Å². The van der Waals surface area contributed by atoms with Gasteiger partial charge < -0.3 is 15.4 Å². The molecule has 3 rings (SSSR count). The SMILES string of the molecule is Cc1ccc(C)c(OCCCCC(=O)Nc2ccccc2NC(=O)c2cccs2)c1. The van der Waals surface area contributed by atoms with Crippen molar-refractivity contribution in [3.8, 4) is 5.75 Å². The number of anilines is 2. The van der Waals surface area contributed by atoms with Gasteiger partial charge in [-0.1, -0.05) is 30.3 Å². The Morgan fingerprint density at radius 2 is 1.70 bits per heavy atom. The lowest BCUT2D eigenvalue weighted by Gasteiger charge is -2.12. The quantitative estimate of drug-likeness (QED) is 0.428. The van der Waals surface area contributed by atoms with Crippen LogP contribution in [0.25, 0.3) is 0 Å². The summed E-state index contributed by atoms with van der Waals surface area (Å²) in [5, 5.41) is 7.61. The lowest BCUT2D eigenvalue weighted by molar-refractivity contribution is -0.116. The molecule has 0 bridgehead atoms. The molecule has 0 saturated heterocycles. The fraction of sp³-hybridized carbons (Fsp3) is 0.250. The second-order valence-electron chi connectivity index (χ2n) is 7.10. The molecule has 6 heteroatoms. The molecule has 0 unspecified atom stereocenters. The fourth-order valence-corrected chi connectivity index (χ4v) is 3.56. The van der Waals surface area contributed by atoms with Crippen molar-refractivity contribution in [3.05, 3.63) is 76.0 Å². The van der Waals surface area contributed by atoms with Gasteiger partial charge in [0.1, 0.15) is 5.75 Å². The minimum Gasteiger partial charge on any atom is -0.493 e. The number of thiophene rings is 1. The monoisotopic (exact) mass is 422 g/mol. The van der Waals surface area contributed by atoms with Gasteiger partial charge in [-0.2, -0.15) is 0 Å². The Bertz CT molecular complexity index is 999. The standard InChI is InChI=1S/C24H26N2O3S/c1-17-12-13-18(2)21(16-17)29-14-6-5-11-23(27)25-19-8-3-4-9-20(19)26-24(28)22-10-7-15-30-22/h3-4,7-10,12-13,15-16H,5-6,11,14H2,1-2H3,(H,25,27)(H,26,28). The molecule has 2 amide bonds. The lowest BCUT2D eigenvalue weighted by atomic mass is 10.1. The smallest absolute Gasteiger partial charge is 0.265 e. The summed E-state index contributed by atoms with van der Waals surface area (Å²) in [5.74, 6) is 0.629. The summed E-state index contributed by atoms with van der Waals surface area (Å²) >= 11 is 1.37. The van der Waals surface area contributed by atoms with Gasteiger partial charge in [-0.15, -0.1) is 11.3 Å². The second kappa shape index (κ2) is 10.6. The Kier molecular flexibility index (Phi) is 7.63. The molecule has 0 atom stereocenters. The van der Waals surface area contributed by atoms with E-state index in [2.05, 4.69) is 16.7 Å². The van der Waals surface area contributed by atoms with Crippen molar-refractivity contribution in [2.75, 3.05) is 17.2 Å². The van der Waals surface area contributed by atoms with E-state index in [0.29, 0.717) is 29.3 Å². The van der Waals surface area contributed by atoms with Crippen LogP contribution in [0.2, 0.25) is 0 Å². The Hall–Kier alpha value is -3.12. The van der Waals surface area contributed by atoms with Gasteiger partial charge in [0, 0.05) is 6.42 Å². The summed E-state index contributed by atoms with van der Waals surface area (Å²) in [6.45, 7) is 4.64. The number of aryl methyl sites for hydroxylation is 2. The molecule has 3 aromatic rings. The molecule has 5 nitrogen and oxygen atoms in total. The summed E-state index contributed by atoms with van der Waals surface area (Å²) < 4.78 is 5.84. The molecule has 1 aromatic heterocycles. The third-order valence-electron chi connectivity index (χ3n) is 4.59. The first-order valence-electron chi connectivity index (χ1n) is 9.97. The van der Waals surface area contributed by atoms with Crippen LogP contribution in [-0.4, -0.2) is 18.4 Å². The van der Waals surface area contributed by atoms with Crippen LogP contribution in [-0.2, 0) is 4.79 Å². The zero-order chi connectivity index (χ0) is 21.3. The molecule has 0 aliphatic heterocycles. The van der Waals surface area contributed by atoms with Crippen LogP contribution in [0.1, 0.15) is 40.1 Å². The number of benzene rings is 2. The Labute approximate surface area is 181 Å². The average molecular weight is 423 g/mol. The van der Waals surface area contributed by atoms with Gasteiger partial charge in [-0.05, 0) is 67.5 Å². The zero-order valence-electron chi connectivity index (χ0n) is 17.2. The van der Waals surface area contributed by atoms with Crippen molar-refractivity contribution < 1.29 is 14.3 Å². The average Bonchev–Trinajstić information content (AvgIpc) is 3.27. The van der Waals surface area contributed by atoms with Crippen LogP contribution < -0.4 is 15.4 Å². The predicted molar refractivity (Wildman–Crippen MR) is 123 cm³/mol. The fourth-order valence-electron chi connectivity index (χ4n) is 2.94. The molecular formula is C24H26N2O3S. The van der Waals surface area contributed by atoms with Gasteiger partial charge in [0.05, 0.1) is 22.9 Å². The van der Waals surface area contributed by atoms with Gasteiger partial charge in [-0.3, -0.25) is 9.59 Å². The summed E-state index contributed by atoms with van der Waals surface area (Å²) in [7, 11) is 0. The maximum atomic E-state index is 12.3. The zero-order valence-corrected chi connectivity index (χ0v) is 18.1. The van der Waals surface area contributed by atoms with Crippen LogP contribution in [0.15, 0.2) is 60.0 Å². The molecule has 0 saturated carbocycles. The Morgan fingerprint density at radius 3 is 2.43 bits per heavy atom. The first-order valence-corrected chi connectivity index (χ1v) is 10.8. The molecule has 0 aliphatic carbocycles. The van der Waals surface area contributed by atoms with E-state index in [0.717, 1.165) is 24.2 Å². The normalized spacial score (nSPS) is 10.5. The van der Waals surface area contributed by atoms with Crippen molar-refractivity contribution in [1.82, 2.24) is 0 Å². The molecule has 1 heterocycles. The van der Waals surface area contributed by atoms with Crippen molar-refractivity contribution in [2.24, 2.45) is 0 Å². The van der Waals surface area contributed by atoms with Crippen LogP contribution in [0, 0.1) is 13.8 Å². The van der Waals surface area contributed by atoms with E-state index in [1.165, 1.54) is 16.9 Å². The molecule has 0 spiro atoms. The lowest BCUT2D eigenvalue weighted by Crippen LogP contribution is -2.16. The van der Waals surface area contributed by atoms with Crippen molar-refractivity contribution in [1.29, 1.82) is 0 Å². The number of nitrogens with one attached hydrogen (secondary N) is 2. The largest absolute Gasteiger partial charge is 0.493 e. The van der Waals surface area contributed by atoms with E-state index in [-0.39, 0.29) is 11.8 Å². The van der Waals surface area contributed by atoms with E-state index in [1.54, 1.807) is 18.2 Å². The Balaban J connectivity index is 1.45. The second-order valence-corrected chi connectivity index (χ2v) is 8.05. The topological polar surface area (TPSA) is 67.4 Å². The van der Waals surface area contributed by atoms with Crippen LogP contribution in [0.3, 0.4) is 0 Å². The highest BCUT2D eigenvalue weighted by atomic mass is 32.1. The third-order valence-corrected chi connectivity index (χ3v) is 5.46. The van der Waals surface area contributed by atoms with Crippen LogP contribution in [0.5, 0.6) is 5.75 Å². The minimum absolute atomic E-state index is 0.0837. The predicted octanol–water partition coefficient (Wildman–Crippen LogP) is 5.81. The number of carbonyl (C=O) groups is 2. The van der Waals surface area contributed by atoms with E-state index in [1.807, 2.05) is 49.6 Å². The number of hydrogen-bond donors (Lipinski definition) is 2. The number of rotatable bonds is 9. The number of unbranched alkanes of at least 4 members (excludes halogenated alkanes) is 1. The first kappa shape index (κ1) is 21.6. The van der Waals surface area contributed by atoms with Crippen molar-refractivity contribution in [2.45, 2.75) is 33.1 Å². The number of ether oxygens (including phenoxy) is 1. The highest BCUT2D eigenvalue weighted by Gasteiger charge is 2.11. The number of carbonyl (C=O) groups excluding carboxylic acids is 2. The molecular weight excluding hydrogens is 396 g/mol. The number of para-hydroxylation sites is 2. The summed E-state index contributed by atoms with van der Waals surface area (Å²) in [6, 6.07) is 17.0. The molecule has 2 N–H and O–H groups in total. The van der Waals surface area contributed by atoms with Gasteiger partial charge in [0.15, 0.2) is 0 Å². The molecule has 156 valence electrons. The van der Waals surface area contributed by atoms with Gasteiger partial charge in [0.2, 0.25) is 5.91 Å². The molecule has 30 heavy (non-hydrogen) atoms. The highest BCUT2D eigenvalue weighted by molar-refractivity contribution is 7.12. The van der Waals surface area contributed by atoms with Crippen molar-refractivity contribution in [3.63, 3.8) is 0 Å². The molecule has 2 aromatic carbocycles. The molecule has 0 radical (unpaired) electrons. The van der Waals surface area contributed by atoms with Gasteiger partial charge in [-0.25, -0.2) is 0 Å². The van der Waals surface area contributed by atoms with E-state index in [4.69, 9.17) is 4.74 Å². The summed E-state index contributed by atoms with van der Waals surface area (Å²) in [6.07, 6.45) is 1.90. The number of hydrogen-bond acceptors (Lipinski definition) is 4. The van der Waals surface area contributed by atoms with Crippen LogP contribution in [0.4, 0.5) is 11.4 Å². The minimum atomic E-state index is -0.185. The van der Waals surface area contributed by atoms with E-state index >= 15 is 0 Å². The van der Waals surface area contributed by atoms with Gasteiger partial charge in [0.25, 0.3) is 5.91 Å². The molecule has 0 aliphatic rings. The Morgan fingerprint density at radius 1 is 0.933 bits per heavy atom. The maximum absolute atomic E-state index is 12.3. The maximum Gasteiger partial charge on any atom is 0.265 e. The highest BCUT2D eigenvalue weighted by Crippen LogP contribution is 2.23. The van der Waals surface area contributed by atoms with Crippen LogP contribution >= 0.6 is 11.3 Å². The van der Waals surface area contributed by atoms with Gasteiger partial charge >= 0.3 is 0 Å². The van der Waals surface area contributed by atoms with E-state index in [9.17, 15) is 9.59 Å². The third kappa shape index (κ3) is 6.19. The molecule has 0 fully saturated rings. The number of amides is 2. The summed E-state index contributed by atoms with van der Waals surface area (Å²) in [4.78, 5) is 25.3. The summed E-state index contributed by atoms with van der Waals surface area (Å²) in [5.41, 5.74) is 3.46. The van der Waals surface area contributed by atoms with Crippen molar-refractivity contribution >= 4 is 34.5 Å².